The van der Waals surface area contributed by atoms with Crippen molar-refractivity contribution in [1.82, 2.24) is 0 Å². The molecule has 1 saturated carbocycles. The van der Waals surface area contributed by atoms with Crippen LogP contribution in [-0.2, 0) is 4.43 Å². The van der Waals surface area contributed by atoms with Crippen molar-refractivity contribution in [2.24, 2.45) is 5.92 Å². The average Bonchev–Trinajstić information content (AvgIpc) is 3.12. The predicted octanol–water partition coefficient (Wildman–Crippen LogP) is 5.62. The van der Waals surface area contributed by atoms with Gasteiger partial charge in [-0.3, -0.25) is 0 Å². The van der Waals surface area contributed by atoms with Gasteiger partial charge in [0.1, 0.15) is 11.9 Å². The van der Waals surface area contributed by atoms with Crippen LogP contribution in [0.4, 0.5) is 0 Å². The maximum absolute atomic E-state index is 10.5. The molecule has 0 bridgehead atoms. The van der Waals surface area contributed by atoms with Crippen LogP contribution >= 0.6 is 0 Å². The van der Waals surface area contributed by atoms with Crippen LogP contribution in [-0.4, -0.2) is 20.0 Å². The molecule has 0 aliphatic heterocycles. The van der Waals surface area contributed by atoms with Crippen molar-refractivity contribution in [3.63, 3.8) is 0 Å². The molecule has 1 aromatic rings. The molecule has 2 atom stereocenters. The number of aliphatic hydroxyl groups is 1. The highest BCUT2D eigenvalue weighted by molar-refractivity contribution is 6.74. The first-order valence-electron chi connectivity index (χ1n) is 8.87. The smallest absolute Gasteiger partial charge is 0.191 e. The van der Waals surface area contributed by atoms with Crippen molar-refractivity contribution < 1.29 is 13.9 Å². The molecule has 1 N–H and O–H groups in total. The Kier molecular flexibility index (Phi) is 5.94. The molecule has 4 heteroatoms. The summed E-state index contributed by atoms with van der Waals surface area (Å²) in [5, 5.41) is 10.7. The molecule has 0 unspecified atom stereocenters. The Morgan fingerprint density at radius 2 is 2.17 bits per heavy atom. The number of hydrogen-bond donors (Lipinski definition) is 1. The highest BCUT2D eigenvalue weighted by Gasteiger charge is 2.37. The van der Waals surface area contributed by atoms with Crippen LogP contribution in [0.3, 0.4) is 0 Å². The fourth-order valence-electron chi connectivity index (χ4n) is 2.89. The van der Waals surface area contributed by atoms with Gasteiger partial charge in [0.25, 0.3) is 0 Å². The van der Waals surface area contributed by atoms with Gasteiger partial charge >= 0.3 is 0 Å². The van der Waals surface area contributed by atoms with Gasteiger partial charge in [0, 0.05) is 12.5 Å². The van der Waals surface area contributed by atoms with E-state index in [1.165, 1.54) is 5.57 Å². The summed E-state index contributed by atoms with van der Waals surface area (Å²) >= 11 is 0. The van der Waals surface area contributed by atoms with Gasteiger partial charge < -0.3 is 13.9 Å². The Bertz CT molecular complexity index is 579. The molecule has 1 aliphatic carbocycles. The first-order chi connectivity index (χ1) is 11.1. The molecule has 0 spiro atoms. The molecule has 0 radical (unpaired) electrons. The molecule has 2 rings (SSSR count). The fourth-order valence-corrected chi connectivity index (χ4v) is 3.95. The van der Waals surface area contributed by atoms with Crippen LogP contribution in [0, 0.1) is 5.92 Å². The van der Waals surface area contributed by atoms with E-state index in [4.69, 9.17) is 8.84 Å². The second kappa shape index (κ2) is 7.42. The van der Waals surface area contributed by atoms with E-state index in [0.29, 0.717) is 5.76 Å². The second-order valence-corrected chi connectivity index (χ2v) is 13.1. The first-order valence-corrected chi connectivity index (χ1v) is 11.8. The third-order valence-corrected chi connectivity index (χ3v) is 10.1. The van der Waals surface area contributed by atoms with Crippen LogP contribution in [0.1, 0.15) is 51.9 Å². The summed E-state index contributed by atoms with van der Waals surface area (Å²) in [6, 6.07) is 3.64. The number of aliphatic hydroxyl groups excluding tert-OH is 1. The maximum atomic E-state index is 10.5. The van der Waals surface area contributed by atoms with Crippen LogP contribution in [0.2, 0.25) is 18.1 Å². The second-order valence-electron chi connectivity index (χ2n) is 8.26. The summed E-state index contributed by atoms with van der Waals surface area (Å²) in [5.74, 6) is 0.687. The fraction of sp³-hybridized carbons (Fsp3) is 0.600. The number of allylic oxidation sites excluding steroid dienone is 1. The van der Waals surface area contributed by atoms with Gasteiger partial charge in [-0.2, -0.15) is 0 Å². The highest BCUT2D eigenvalue weighted by Crippen LogP contribution is 2.42. The zero-order valence-electron chi connectivity index (χ0n) is 15.8. The lowest BCUT2D eigenvalue weighted by Crippen LogP contribution is -2.40. The summed E-state index contributed by atoms with van der Waals surface area (Å²) < 4.78 is 11.6. The van der Waals surface area contributed by atoms with Crippen molar-refractivity contribution in [2.75, 3.05) is 6.61 Å². The highest BCUT2D eigenvalue weighted by atomic mass is 28.4. The summed E-state index contributed by atoms with van der Waals surface area (Å²) in [7, 11) is -1.67. The van der Waals surface area contributed by atoms with Crippen molar-refractivity contribution in [3.8, 4) is 0 Å². The molecular weight excluding hydrogens is 316 g/mol. The van der Waals surface area contributed by atoms with Crippen molar-refractivity contribution in [3.05, 3.63) is 48.0 Å². The molecular formula is C20H32O3Si. The molecule has 24 heavy (non-hydrogen) atoms. The third-order valence-electron chi connectivity index (χ3n) is 5.58. The van der Waals surface area contributed by atoms with E-state index in [1.54, 1.807) is 6.26 Å². The Morgan fingerprint density at radius 3 is 2.75 bits per heavy atom. The Hall–Kier alpha value is -1.10. The summed E-state index contributed by atoms with van der Waals surface area (Å²) in [4.78, 5) is 0. The number of furan rings is 1. The number of rotatable bonds is 6. The zero-order chi connectivity index (χ0) is 18.0. The molecule has 3 nitrogen and oxygen atoms in total. The van der Waals surface area contributed by atoms with Crippen molar-refractivity contribution in [1.29, 1.82) is 0 Å². The van der Waals surface area contributed by atoms with E-state index in [1.807, 2.05) is 12.1 Å². The van der Waals surface area contributed by atoms with E-state index >= 15 is 0 Å². The average molecular weight is 349 g/mol. The topological polar surface area (TPSA) is 42.6 Å². The Balaban J connectivity index is 1.88. The van der Waals surface area contributed by atoms with Gasteiger partial charge in [-0.05, 0) is 60.7 Å². The molecule has 1 aliphatic rings. The SMILES string of the molecule is C=C1/C(=C/CCO[Si](C)(C)C(C)(C)C)CC[C@H]1[C@H](O)c1ccco1. The lowest BCUT2D eigenvalue weighted by molar-refractivity contribution is 0.105. The summed E-state index contributed by atoms with van der Waals surface area (Å²) in [5.41, 5.74) is 2.32. The quantitative estimate of drug-likeness (QED) is 0.536. The van der Waals surface area contributed by atoms with Crippen molar-refractivity contribution in [2.45, 2.75) is 64.3 Å². The molecule has 0 amide bonds. The van der Waals surface area contributed by atoms with E-state index < -0.39 is 14.4 Å². The standard InChI is InChI=1S/C20H32O3Si/c1-15-16(9-7-14-23-24(5,6)20(2,3)4)11-12-17(15)19(21)18-10-8-13-22-18/h8-10,13,17,19,21H,1,7,11-12,14H2,2-6H3/b16-9+/t17-,19+/m1/s1. The maximum Gasteiger partial charge on any atom is 0.191 e. The van der Waals surface area contributed by atoms with Gasteiger partial charge in [-0.15, -0.1) is 0 Å². The molecule has 1 heterocycles. The summed E-state index contributed by atoms with van der Waals surface area (Å²) in [6.07, 6.45) is 6.05. The minimum absolute atomic E-state index is 0.0590. The summed E-state index contributed by atoms with van der Waals surface area (Å²) in [6.45, 7) is 16.3. The minimum Gasteiger partial charge on any atom is -0.467 e. The zero-order valence-corrected chi connectivity index (χ0v) is 16.8. The van der Waals surface area contributed by atoms with E-state index in [9.17, 15) is 5.11 Å². The van der Waals surface area contributed by atoms with E-state index in [-0.39, 0.29) is 11.0 Å². The van der Waals surface area contributed by atoms with Crippen LogP contribution < -0.4 is 0 Å². The van der Waals surface area contributed by atoms with Gasteiger partial charge in [-0.25, -0.2) is 0 Å². The molecule has 1 fully saturated rings. The molecule has 0 saturated heterocycles. The van der Waals surface area contributed by atoms with Gasteiger partial charge in [0.2, 0.25) is 0 Å². The lowest BCUT2D eigenvalue weighted by Gasteiger charge is -2.36. The Morgan fingerprint density at radius 1 is 1.46 bits per heavy atom. The van der Waals surface area contributed by atoms with Gasteiger partial charge in [-0.1, -0.05) is 33.4 Å². The predicted molar refractivity (Wildman–Crippen MR) is 101 cm³/mol. The van der Waals surface area contributed by atoms with Crippen LogP contribution in [0.15, 0.2) is 46.6 Å². The third kappa shape index (κ3) is 4.29. The largest absolute Gasteiger partial charge is 0.467 e. The number of hydrogen-bond acceptors (Lipinski definition) is 3. The van der Waals surface area contributed by atoms with Crippen LogP contribution in [0.5, 0.6) is 0 Å². The van der Waals surface area contributed by atoms with E-state index in [2.05, 4.69) is 46.5 Å². The van der Waals surface area contributed by atoms with Crippen molar-refractivity contribution >= 4 is 8.32 Å². The van der Waals surface area contributed by atoms with E-state index in [0.717, 1.165) is 31.4 Å². The van der Waals surface area contributed by atoms with Gasteiger partial charge in [0.15, 0.2) is 8.32 Å². The normalized spacial score (nSPS) is 22.3. The van der Waals surface area contributed by atoms with Crippen LogP contribution in [0.25, 0.3) is 0 Å². The van der Waals surface area contributed by atoms with Gasteiger partial charge in [0.05, 0.1) is 6.26 Å². The molecule has 134 valence electrons. The molecule has 0 aromatic carbocycles. The molecule has 1 aromatic heterocycles. The Labute approximate surface area is 147 Å². The minimum atomic E-state index is -1.67. The first kappa shape index (κ1) is 19.2. The lowest BCUT2D eigenvalue weighted by atomic mass is 9.94. The monoisotopic (exact) mass is 348 g/mol.